The molecular weight excluding hydrogens is 262 g/mol. The fourth-order valence-electron chi connectivity index (χ4n) is 1.60. The molecule has 20 heavy (non-hydrogen) atoms. The fourth-order valence-corrected chi connectivity index (χ4v) is 1.60. The Morgan fingerprint density at radius 3 is 2.40 bits per heavy atom. The van der Waals surface area contributed by atoms with Crippen LogP contribution in [0.1, 0.15) is 11.1 Å². The Morgan fingerprint density at radius 1 is 1.00 bits per heavy atom. The van der Waals surface area contributed by atoms with Crippen molar-refractivity contribution in [1.29, 1.82) is 0 Å². The second kappa shape index (κ2) is 6.69. The van der Waals surface area contributed by atoms with Crippen molar-refractivity contribution in [3.8, 4) is 17.6 Å². The first-order valence-electron chi connectivity index (χ1n) is 5.95. The smallest absolute Gasteiger partial charge is 0.138 e. The van der Waals surface area contributed by atoms with Crippen LogP contribution >= 0.6 is 0 Å². The highest BCUT2D eigenvalue weighted by Gasteiger charge is 2.04. The van der Waals surface area contributed by atoms with Crippen LogP contribution in [0.15, 0.2) is 42.5 Å². The van der Waals surface area contributed by atoms with Gasteiger partial charge in [0, 0.05) is 6.07 Å². The highest BCUT2D eigenvalue weighted by molar-refractivity contribution is 5.46. The zero-order valence-corrected chi connectivity index (χ0v) is 10.6. The van der Waals surface area contributed by atoms with E-state index in [0.717, 1.165) is 5.56 Å². The molecule has 0 aliphatic rings. The van der Waals surface area contributed by atoms with Gasteiger partial charge in [0.05, 0.1) is 5.56 Å². The maximum absolute atomic E-state index is 13.2. The van der Waals surface area contributed by atoms with Crippen molar-refractivity contribution >= 4 is 0 Å². The van der Waals surface area contributed by atoms with Crippen molar-refractivity contribution in [2.24, 2.45) is 0 Å². The molecule has 4 heteroatoms. The minimum Gasteiger partial charge on any atom is -0.487 e. The van der Waals surface area contributed by atoms with E-state index in [9.17, 15) is 8.78 Å². The van der Waals surface area contributed by atoms with Crippen LogP contribution in [-0.2, 0) is 6.61 Å². The number of rotatable bonds is 3. The van der Waals surface area contributed by atoms with E-state index in [2.05, 4.69) is 11.8 Å². The third kappa shape index (κ3) is 3.81. The molecule has 0 saturated carbocycles. The van der Waals surface area contributed by atoms with Crippen molar-refractivity contribution in [1.82, 2.24) is 0 Å². The van der Waals surface area contributed by atoms with Crippen molar-refractivity contribution in [2.75, 3.05) is 6.61 Å². The predicted molar refractivity (Wildman–Crippen MR) is 71.1 cm³/mol. The molecule has 0 radical (unpaired) electrons. The first kappa shape index (κ1) is 14.0. The van der Waals surface area contributed by atoms with Gasteiger partial charge in [0.1, 0.15) is 30.6 Å². The quantitative estimate of drug-likeness (QED) is 0.872. The van der Waals surface area contributed by atoms with Crippen molar-refractivity contribution in [3.05, 3.63) is 65.2 Å². The second-order valence-electron chi connectivity index (χ2n) is 4.02. The predicted octanol–water partition coefficient (Wildman–Crippen LogP) is 2.89. The maximum atomic E-state index is 13.2. The summed E-state index contributed by atoms with van der Waals surface area (Å²) in [5, 5.41) is 8.68. The molecule has 0 saturated heterocycles. The molecule has 102 valence electrons. The van der Waals surface area contributed by atoms with Crippen molar-refractivity contribution in [2.45, 2.75) is 6.61 Å². The largest absolute Gasteiger partial charge is 0.487 e. The Hall–Kier alpha value is -2.38. The topological polar surface area (TPSA) is 29.5 Å². The van der Waals surface area contributed by atoms with Crippen LogP contribution in [0.4, 0.5) is 8.78 Å². The van der Waals surface area contributed by atoms with E-state index in [1.807, 2.05) is 0 Å². The molecule has 2 rings (SSSR count). The summed E-state index contributed by atoms with van der Waals surface area (Å²) in [4.78, 5) is 0. The molecule has 0 fully saturated rings. The molecule has 0 amide bonds. The van der Waals surface area contributed by atoms with Gasteiger partial charge < -0.3 is 9.84 Å². The zero-order valence-electron chi connectivity index (χ0n) is 10.6. The van der Waals surface area contributed by atoms with E-state index in [1.165, 1.54) is 30.3 Å². The number of hydrogen-bond donors (Lipinski definition) is 1. The van der Waals surface area contributed by atoms with E-state index >= 15 is 0 Å². The first-order chi connectivity index (χ1) is 9.69. The lowest BCUT2D eigenvalue weighted by Crippen LogP contribution is -1.98. The molecule has 0 atom stereocenters. The Balaban J connectivity index is 2.15. The van der Waals surface area contributed by atoms with Crippen LogP contribution in [0, 0.1) is 23.5 Å². The number of aliphatic hydroxyl groups excluding tert-OH is 1. The fraction of sp³-hybridized carbons (Fsp3) is 0.125. The zero-order chi connectivity index (χ0) is 14.4. The molecule has 0 unspecified atom stereocenters. The molecule has 0 heterocycles. The summed E-state index contributed by atoms with van der Waals surface area (Å²) < 4.78 is 31.5. The van der Waals surface area contributed by atoms with Gasteiger partial charge in [-0.05, 0) is 29.8 Å². The molecule has 0 bridgehead atoms. The number of hydrogen-bond acceptors (Lipinski definition) is 2. The summed E-state index contributed by atoms with van der Waals surface area (Å²) in [6.07, 6.45) is 0. The van der Waals surface area contributed by atoms with E-state index in [4.69, 9.17) is 9.84 Å². The van der Waals surface area contributed by atoms with Gasteiger partial charge in [0.2, 0.25) is 0 Å². The Bertz CT molecular complexity index is 640. The van der Waals surface area contributed by atoms with Crippen LogP contribution in [0.3, 0.4) is 0 Å². The van der Waals surface area contributed by atoms with E-state index in [-0.39, 0.29) is 24.8 Å². The van der Waals surface area contributed by atoms with Crippen molar-refractivity contribution in [3.63, 3.8) is 0 Å². The lowest BCUT2D eigenvalue weighted by atomic mass is 10.2. The highest BCUT2D eigenvalue weighted by atomic mass is 19.1. The van der Waals surface area contributed by atoms with Crippen LogP contribution in [0.25, 0.3) is 0 Å². The standard InChI is InChI=1S/C16H12F2O2/c17-14-6-3-12(4-7-14)11-20-16-10-15(18)8-5-13(16)2-1-9-19/h3-8,10,19H,9,11H2. The average Bonchev–Trinajstić information content (AvgIpc) is 2.46. The third-order valence-corrected chi connectivity index (χ3v) is 2.55. The average molecular weight is 274 g/mol. The molecule has 0 spiro atoms. The van der Waals surface area contributed by atoms with E-state index in [1.54, 1.807) is 12.1 Å². The monoisotopic (exact) mass is 274 g/mol. The number of ether oxygens (including phenoxy) is 1. The van der Waals surface area contributed by atoms with Gasteiger partial charge in [-0.15, -0.1) is 0 Å². The summed E-state index contributed by atoms with van der Waals surface area (Å²) in [7, 11) is 0. The van der Waals surface area contributed by atoms with Crippen molar-refractivity contribution < 1.29 is 18.6 Å². The van der Waals surface area contributed by atoms with Crippen LogP contribution in [0.2, 0.25) is 0 Å². The van der Waals surface area contributed by atoms with Gasteiger partial charge in [0.25, 0.3) is 0 Å². The second-order valence-corrected chi connectivity index (χ2v) is 4.02. The third-order valence-electron chi connectivity index (χ3n) is 2.55. The minimum absolute atomic E-state index is 0.178. The summed E-state index contributed by atoms with van der Waals surface area (Å²) in [6, 6.07) is 9.82. The van der Waals surface area contributed by atoms with Gasteiger partial charge in [-0.25, -0.2) is 8.78 Å². The molecule has 0 aliphatic heterocycles. The molecule has 0 aromatic heterocycles. The molecule has 1 N–H and O–H groups in total. The molecule has 2 aromatic rings. The molecule has 2 nitrogen and oxygen atoms in total. The number of halogens is 2. The summed E-state index contributed by atoms with van der Waals surface area (Å²) in [5.74, 6) is 4.69. The number of benzene rings is 2. The molecule has 0 aliphatic carbocycles. The Labute approximate surface area is 115 Å². The summed E-state index contributed by atoms with van der Waals surface area (Å²) in [6.45, 7) is -0.105. The van der Waals surface area contributed by atoms with Gasteiger partial charge in [-0.1, -0.05) is 24.0 Å². The van der Waals surface area contributed by atoms with E-state index in [0.29, 0.717) is 5.56 Å². The van der Waals surface area contributed by atoms with Gasteiger partial charge in [0.15, 0.2) is 0 Å². The summed E-state index contributed by atoms with van der Waals surface area (Å²) >= 11 is 0. The normalized spacial score (nSPS) is 9.75. The van der Waals surface area contributed by atoms with Crippen LogP contribution in [-0.4, -0.2) is 11.7 Å². The van der Waals surface area contributed by atoms with Gasteiger partial charge in [-0.2, -0.15) is 0 Å². The lowest BCUT2D eigenvalue weighted by molar-refractivity contribution is 0.303. The highest BCUT2D eigenvalue weighted by Crippen LogP contribution is 2.20. The lowest BCUT2D eigenvalue weighted by Gasteiger charge is -2.08. The van der Waals surface area contributed by atoms with E-state index < -0.39 is 5.82 Å². The Morgan fingerprint density at radius 2 is 1.70 bits per heavy atom. The number of aliphatic hydroxyl groups is 1. The summed E-state index contributed by atoms with van der Waals surface area (Å²) in [5.41, 5.74) is 1.25. The van der Waals surface area contributed by atoms with Gasteiger partial charge >= 0.3 is 0 Å². The molecular formula is C16H12F2O2. The Kier molecular flexibility index (Phi) is 4.70. The molecule has 2 aromatic carbocycles. The SMILES string of the molecule is OCC#Cc1ccc(F)cc1OCc1ccc(F)cc1. The first-order valence-corrected chi connectivity index (χ1v) is 5.95. The minimum atomic E-state index is -0.436. The van der Waals surface area contributed by atoms with Gasteiger partial charge in [-0.3, -0.25) is 0 Å². The van der Waals surface area contributed by atoms with Crippen LogP contribution in [0.5, 0.6) is 5.75 Å². The maximum Gasteiger partial charge on any atom is 0.138 e. The van der Waals surface area contributed by atoms with Crippen LogP contribution < -0.4 is 4.74 Å².